The highest BCUT2D eigenvalue weighted by atomic mass is 32.2. The van der Waals surface area contributed by atoms with Crippen LogP contribution in [0.2, 0.25) is 0 Å². The molecule has 2 unspecified atom stereocenters. The Morgan fingerprint density at radius 2 is 2.47 bits per heavy atom. The van der Waals surface area contributed by atoms with Crippen LogP contribution in [0.1, 0.15) is 48.1 Å². The van der Waals surface area contributed by atoms with Crippen molar-refractivity contribution in [1.29, 1.82) is 0 Å². The van der Waals surface area contributed by atoms with Crippen LogP contribution in [0.4, 0.5) is 0 Å². The summed E-state index contributed by atoms with van der Waals surface area (Å²) in [6, 6.07) is 0. The number of carboxylic acids is 1. The van der Waals surface area contributed by atoms with Crippen molar-refractivity contribution >= 4 is 29.1 Å². The molecular formula is C12H17NO2S2. The summed E-state index contributed by atoms with van der Waals surface area (Å²) in [6.07, 6.45) is 5.28. The smallest absolute Gasteiger partial charge is 0.365 e. The first-order valence-electron chi connectivity index (χ1n) is 5.94. The van der Waals surface area contributed by atoms with Gasteiger partial charge in [-0.1, -0.05) is 19.8 Å². The fourth-order valence-electron chi connectivity index (χ4n) is 2.20. The molecule has 1 fully saturated rings. The molecule has 0 bridgehead atoms. The predicted molar refractivity (Wildman–Crippen MR) is 71.8 cm³/mol. The van der Waals surface area contributed by atoms with Crippen LogP contribution in [0.5, 0.6) is 0 Å². The molecule has 2 atom stereocenters. The van der Waals surface area contributed by atoms with Crippen molar-refractivity contribution in [2.45, 2.75) is 43.6 Å². The number of carbonyl (C=O) groups is 1. The van der Waals surface area contributed by atoms with Crippen molar-refractivity contribution in [2.75, 3.05) is 0 Å². The summed E-state index contributed by atoms with van der Waals surface area (Å²) in [4.78, 5) is 14.8. The standard InChI is InChI=1S/C12H17NO2S2/c1-8-3-2-4-10(5-8)16-6-9-7-17-11(13-9)12(14)15/h7-8,10H,2-6H2,1H3,(H,14,15). The fourth-order valence-corrected chi connectivity index (χ4v) is 4.32. The minimum Gasteiger partial charge on any atom is -0.476 e. The highest BCUT2D eigenvalue weighted by Gasteiger charge is 2.19. The van der Waals surface area contributed by atoms with Gasteiger partial charge in [-0.15, -0.1) is 11.3 Å². The van der Waals surface area contributed by atoms with E-state index in [0.29, 0.717) is 0 Å². The van der Waals surface area contributed by atoms with Crippen molar-refractivity contribution in [3.05, 3.63) is 16.1 Å². The molecule has 1 heterocycles. The first-order chi connectivity index (χ1) is 8.15. The molecule has 1 saturated carbocycles. The third-order valence-electron chi connectivity index (χ3n) is 3.09. The maximum Gasteiger partial charge on any atom is 0.365 e. The van der Waals surface area contributed by atoms with Gasteiger partial charge < -0.3 is 5.11 Å². The number of thioether (sulfide) groups is 1. The first-order valence-corrected chi connectivity index (χ1v) is 7.87. The highest BCUT2D eigenvalue weighted by molar-refractivity contribution is 7.99. The van der Waals surface area contributed by atoms with E-state index in [0.717, 1.165) is 22.6 Å². The second-order valence-corrected chi connectivity index (χ2v) is 6.80. The van der Waals surface area contributed by atoms with Crippen LogP contribution in [-0.4, -0.2) is 21.3 Å². The average molecular weight is 271 g/mol. The third kappa shape index (κ3) is 3.71. The monoisotopic (exact) mass is 271 g/mol. The number of thiazole rings is 1. The third-order valence-corrected chi connectivity index (χ3v) is 5.33. The summed E-state index contributed by atoms with van der Waals surface area (Å²) in [5.41, 5.74) is 0.913. The Bertz CT molecular complexity index is 392. The molecule has 1 aliphatic carbocycles. The van der Waals surface area contributed by atoms with E-state index in [1.807, 2.05) is 17.1 Å². The van der Waals surface area contributed by atoms with Crippen LogP contribution < -0.4 is 0 Å². The number of hydrogen-bond acceptors (Lipinski definition) is 4. The summed E-state index contributed by atoms with van der Waals surface area (Å²) in [5, 5.41) is 11.6. The lowest BCUT2D eigenvalue weighted by Gasteiger charge is -2.25. The molecule has 0 aromatic carbocycles. The fraction of sp³-hybridized carbons (Fsp3) is 0.667. The van der Waals surface area contributed by atoms with Crippen molar-refractivity contribution in [1.82, 2.24) is 4.98 Å². The van der Waals surface area contributed by atoms with Gasteiger partial charge in [0.1, 0.15) is 0 Å². The van der Waals surface area contributed by atoms with Crippen LogP contribution in [0.3, 0.4) is 0 Å². The van der Waals surface area contributed by atoms with Gasteiger partial charge in [-0.05, 0) is 18.8 Å². The number of hydrogen-bond donors (Lipinski definition) is 1. The lowest BCUT2D eigenvalue weighted by atomic mass is 9.91. The number of nitrogens with zero attached hydrogens (tertiary/aromatic N) is 1. The van der Waals surface area contributed by atoms with Gasteiger partial charge in [-0.25, -0.2) is 9.78 Å². The SMILES string of the molecule is CC1CCCC(SCc2csc(C(=O)O)n2)C1. The average Bonchev–Trinajstić information content (AvgIpc) is 2.75. The second-order valence-electron chi connectivity index (χ2n) is 4.65. The molecule has 3 nitrogen and oxygen atoms in total. The topological polar surface area (TPSA) is 50.2 Å². The molecule has 1 aromatic heterocycles. The van der Waals surface area contributed by atoms with E-state index in [1.165, 1.54) is 37.0 Å². The van der Waals surface area contributed by atoms with Gasteiger partial charge in [0.15, 0.2) is 0 Å². The Hall–Kier alpha value is -0.550. The molecule has 0 aliphatic heterocycles. The van der Waals surface area contributed by atoms with Crippen LogP contribution >= 0.6 is 23.1 Å². The first kappa shape index (κ1) is 12.9. The van der Waals surface area contributed by atoms with Crippen LogP contribution in [0.25, 0.3) is 0 Å². The second kappa shape index (κ2) is 5.87. The van der Waals surface area contributed by atoms with Crippen molar-refractivity contribution in [2.24, 2.45) is 5.92 Å². The molecule has 0 saturated heterocycles. The molecular weight excluding hydrogens is 254 g/mol. The highest BCUT2D eigenvalue weighted by Crippen LogP contribution is 2.33. The summed E-state index contributed by atoms with van der Waals surface area (Å²) in [7, 11) is 0. The van der Waals surface area contributed by atoms with E-state index in [9.17, 15) is 4.79 Å². The van der Waals surface area contributed by atoms with Crippen LogP contribution in [0, 0.1) is 5.92 Å². The molecule has 2 rings (SSSR count). The molecule has 0 amide bonds. The van der Waals surface area contributed by atoms with Gasteiger partial charge in [-0.3, -0.25) is 0 Å². The molecule has 0 spiro atoms. The van der Waals surface area contributed by atoms with Gasteiger partial charge in [0.2, 0.25) is 5.01 Å². The lowest BCUT2D eigenvalue weighted by Crippen LogP contribution is -2.15. The van der Waals surface area contributed by atoms with Crippen LogP contribution in [-0.2, 0) is 5.75 Å². The molecule has 5 heteroatoms. The molecule has 1 N–H and O–H groups in total. The Kier molecular flexibility index (Phi) is 4.45. The number of aromatic nitrogens is 1. The summed E-state index contributed by atoms with van der Waals surface area (Å²) in [5.74, 6) is 0.769. The lowest BCUT2D eigenvalue weighted by molar-refractivity contribution is 0.0696. The molecule has 17 heavy (non-hydrogen) atoms. The van der Waals surface area contributed by atoms with Crippen LogP contribution in [0.15, 0.2) is 5.38 Å². The van der Waals surface area contributed by atoms with Gasteiger partial charge in [0.05, 0.1) is 5.69 Å². The minimum absolute atomic E-state index is 0.206. The predicted octanol–water partition coefficient (Wildman–Crippen LogP) is 3.65. The number of carboxylic acid groups (broad SMARTS) is 1. The van der Waals surface area contributed by atoms with E-state index in [1.54, 1.807) is 0 Å². The zero-order valence-electron chi connectivity index (χ0n) is 9.89. The maximum atomic E-state index is 10.7. The summed E-state index contributed by atoms with van der Waals surface area (Å²) < 4.78 is 0. The number of aromatic carboxylic acids is 1. The largest absolute Gasteiger partial charge is 0.476 e. The van der Waals surface area contributed by atoms with E-state index in [4.69, 9.17) is 5.11 Å². The zero-order valence-corrected chi connectivity index (χ0v) is 11.5. The molecule has 0 radical (unpaired) electrons. The molecule has 1 aliphatic rings. The minimum atomic E-state index is -0.919. The Morgan fingerprint density at radius 1 is 1.65 bits per heavy atom. The normalized spacial score (nSPS) is 24.8. The van der Waals surface area contributed by atoms with E-state index < -0.39 is 5.97 Å². The molecule has 94 valence electrons. The summed E-state index contributed by atoms with van der Waals surface area (Å²) >= 11 is 3.15. The zero-order chi connectivity index (χ0) is 12.3. The van der Waals surface area contributed by atoms with E-state index in [-0.39, 0.29) is 5.01 Å². The van der Waals surface area contributed by atoms with Crippen molar-refractivity contribution in [3.8, 4) is 0 Å². The molecule has 1 aromatic rings. The number of rotatable bonds is 4. The van der Waals surface area contributed by atoms with Gasteiger partial charge >= 0.3 is 5.97 Å². The summed E-state index contributed by atoms with van der Waals surface area (Å²) in [6.45, 7) is 2.32. The Labute approximate surface area is 110 Å². The quantitative estimate of drug-likeness (QED) is 0.908. The Balaban J connectivity index is 1.82. The van der Waals surface area contributed by atoms with Crippen molar-refractivity contribution in [3.63, 3.8) is 0 Å². The van der Waals surface area contributed by atoms with Gasteiger partial charge in [0.25, 0.3) is 0 Å². The van der Waals surface area contributed by atoms with Crippen molar-refractivity contribution < 1.29 is 9.90 Å². The maximum absolute atomic E-state index is 10.7. The van der Waals surface area contributed by atoms with Gasteiger partial charge in [0, 0.05) is 16.4 Å². The van der Waals surface area contributed by atoms with Gasteiger partial charge in [-0.2, -0.15) is 11.8 Å². The van der Waals surface area contributed by atoms with E-state index >= 15 is 0 Å². The van der Waals surface area contributed by atoms with E-state index in [2.05, 4.69) is 11.9 Å². The Morgan fingerprint density at radius 3 is 3.12 bits per heavy atom.